The molecule has 6 aromatic carbocycles. The standard InChI is InChI=1S/C35H29O4P/c1-37-26-14-18-28(19-15-26)40(36,29-20-16-27(38-2)17-21-29)33-23-13-25-9-5-7-11-31(25)35(33)34-30-10-6-4-8-24(30)12-22-32(34)39-3/h4-23H,1-3H3. The van der Waals surface area contributed by atoms with Crippen molar-refractivity contribution in [1.82, 2.24) is 0 Å². The van der Waals surface area contributed by atoms with Crippen LogP contribution >= 0.6 is 7.14 Å². The average molecular weight is 545 g/mol. The predicted octanol–water partition coefficient (Wildman–Crippen LogP) is 7.33. The molecule has 0 aliphatic heterocycles. The van der Waals surface area contributed by atoms with Crippen molar-refractivity contribution < 1.29 is 18.8 Å². The van der Waals surface area contributed by atoms with Gasteiger partial charge in [0, 0.05) is 27.0 Å². The van der Waals surface area contributed by atoms with Crippen molar-refractivity contribution in [3.05, 3.63) is 121 Å². The van der Waals surface area contributed by atoms with Gasteiger partial charge >= 0.3 is 0 Å². The molecule has 0 unspecified atom stereocenters. The van der Waals surface area contributed by atoms with Gasteiger partial charge < -0.3 is 18.8 Å². The van der Waals surface area contributed by atoms with Gasteiger partial charge in [-0.1, -0.05) is 60.7 Å². The first-order chi connectivity index (χ1) is 19.6. The third-order valence-electron chi connectivity index (χ3n) is 7.48. The van der Waals surface area contributed by atoms with Crippen LogP contribution in [0.3, 0.4) is 0 Å². The molecule has 0 bridgehead atoms. The second-order valence-electron chi connectivity index (χ2n) is 9.55. The summed E-state index contributed by atoms with van der Waals surface area (Å²) in [6.07, 6.45) is 0. The Morgan fingerprint density at radius 3 is 1.45 bits per heavy atom. The minimum absolute atomic E-state index is 0.708. The van der Waals surface area contributed by atoms with Crippen LogP contribution in [0.1, 0.15) is 0 Å². The molecule has 0 amide bonds. The molecule has 0 saturated heterocycles. The fraction of sp³-hybridized carbons (Fsp3) is 0.0857. The van der Waals surface area contributed by atoms with Crippen LogP contribution in [0.2, 0.25) is 0 Å². The van der Waals surface area contributed by atoms with Gasteiger partial charge in [-0.25, -0.2) is 0 Å². The number of rotatable bonds is 7. The van der Waals surface area contributed by atoms with Crippen LogP contribution in [0.25, 0.3) is 32.7 Å². The lowest BCUT2D eigenvalue weighted by Gasteiger charge is -2.26. The molecule has 40 heavy (non-hydrogen) atoms. The SMILES string of the molecule is COc1ccc(P(=O)(c2ccc(OC)cc2)c2ccc3ccccc3c2-c2c(OC)ccc3ccccc23)cc1. The molecule has 6 rings (SSSR count). The van der Waals surface area contributed by atoms with Crippen LogP contribution in [0.15, 0.2) is 121 Å². The number of benzene rings is 6. The number of hydrogen-bond acceptors (Lipinski definition) is 4. The molecule has 0 heterocycles. The van der Waals surface area contributed by atoms with E-state index >= 15 is 4.57 Å². The van der Waals surface area contributed by atoms with Crippen LogP contribution < -0.4 is 30.1 Å². The monoisotopic (exact) mass is 544 g/mol. The van der Waals surface area contributed by atoms with E-state index < -0.39 is 7.14 Å². The van der Waals surface area contributed by atoms with Gasteiger partial charge in [0.05, 0.1) is 21.3 Å². The summed E-state index contributed by atoms with van der Waals surface area (Å²) in [6, 6.07) is 39.7. The van der Waals surface area contributed by atoms with Crippen molar-refractivity contribution >= 4 is 44.6 Å². The molecule has 4 nitrogen and oxygen atoms in total. The highest BCUT2D eigenvalue weighted by Crippen LogP contribution is 2.50. The highest BCUT2D eigenvalue weighted by molar-refractivity contribution is 7.85. The zero-order valence-corrected chi connectivity index (χ0v) is 23.5. The molecular weight excluding hydrogens is 515 g/mol. The van der Waals surface area contributed by atoms with Crippen molar-refractivity contribution in [2.75, 3.05) is 21.3 Å². The Bertz CT molecular complexity index is 1820. The predicted molar refractivity (Wildman–Crippen MR) is 166 cm³/mol. The van der Waals surface area contributed by atoms with Gasteiger partial charge in [0.1, 0.15) is 17.2 Å². The average Bonchev–Trinajstić information content (AvgIpc) is 3.03. The van der Waals surface area contributed by atoms with Gasteiger partial charge in [0.15, 0.2) is 7.14 Å². The van der Waals surface area contributed by atoms with Gasteiger partial charge in [0.2, 0.25) is 0 Å². The number of fused-ring (bicyclic) bond motifs is 2. The first-order valence-corrected chi connectivity index (χ1v) is 14.8. The zero-order valence-electron chi connectivity index (χ0n) is 22.6. The minimum atomic E-state index is -3.42. The van der Waals surface area contributed by atoms with Gasteiger partial charge in [-0.3, -0.25) is 0 Å². The van der Waals surface area contributed by atoms with Crippen LogP contribution in [-0.2, 0) is 4.57 Å². The molecule has 198 valence electrons. The van der Waals surface area contributed by atoms with E-state index in [4.69, 9.17) is 14.2 Å². The summed E-state index contributed by atoms with van der Waals surface area (Å²) in [5.41, 5.74) is 1.83. The molecule has 0 fully saturated rings. The van der Waals surface area contributed by atoms with Gasteiger partial charge in [-0.15, -0.1) is 0 Å². The topological polar surface area (TPSA) is 44.8 Å². The summed E-state index contributed by atoms with van der Waals surface area (Å²) >= 11 is 0. The lowest BCUT2D eigenvalue weighted by Crippen LogP contribution is -2.26. The van der Waals surface area contributed by atoms with Crippen molar-refractivity contribution in [3.63, 3.8) is 0 Å². The summed E-state index contributed by atoms with van der Waals surface area (Å²) in [7, 11) is 1.53. The maximum absolute atomic E-state index is 15.9. The molecule has 0 aromatic heterocycles. The summed E-state index contributed by atoms with van der Waals surface area (Å²) < 4.78 is 32.7. The highest BCUT2D eigenvalue weighted by atomic mass is 31.2. The van der Waals surface area contributed by atoms with E-state index in [0.29, 0.717) is 22.1 Å². The lowest BCUT2D eigenvalue weighted by atomic mass is 9.93. The number of methoxy groups -OCH3 is 3. The molecule has 0 atom stereocenters. The van der Waals surface area contributed by atoms with Crippen molar-refractivity contribution in [2.24, 2.45) is 0 Å². The fourth-order valence-electron chi connectivity index (χ4n) is 5.48. The maximum Gasteiger partial charge on any atom is 0.171 e. The third kappa shape index (κ3) is 4.22. The summed E-state index contributed by atoms with van der Waals surface area (Å²) in [6.45, 7) is 0. The molecule has 5 heteroatoms. The van der Waals surface area contributed by atoms with Gasteiger partial charge in [0.25, 0.3) is 0 Å². The normalized spacial score (nSPS) is 11.5. The second-order valence-corrected chi connectivity index (χ2v) is 12.3. The quantitative estimate of drug-likeness (QED) is 0.198. The first kappa shape index (κ1) is 25.7. The Kier molecular flexibility index (Phi) is 6.79. The van der Waals surface area contributed by atoms with E-state index in [9.17, 15) is 0 Å². The molecule has 0 N–H and O–H groups in total. The van der Waals surface area contributed by atoms with Crippen molar-refractivity contribution in [3.8, 4) is 28.4 Å². The Hall–Kier alpha value is -4.53. The Morgan fingerprint density at radius 2 is 0.950 bits per heavy atom. The number of ether oxygens (including phenoxy) is 3. The molecule has 0 aliphatic rings. The van der Waals surface area contributed by atoms with Crippen molar-refractivity contribution in [2.45, 2.75) is 0 Å². The summed E-state index contributed by atoms with van der Waals surface area (Å²) in [4.78, 5) is 0. The molecule has 0 radical (unpaired) electrons. The van der Waals surface area contributed by atoms with Gasteiger partial charge in [-0.05, 0) is 82.2 Å². The van der Waals surface area contributed by atoms with Crippen LogP contribution in [0, 0.1) is 0 Å². The molecule has 0 spiro atoms. The Morgan fingerprint density at radius 1 is 0.475 bits per heavy atom. The third-order valence-corrected chi connectivity index (χ3v) is 10.6. The van der Waals surface area contributed by atoms with Crippen molar-refractivity contribution in [1.29, 1.82) is 0 Å². The summed E-state index contributed by atoms with van der Waals surface area (Å²) in [5, 5.41) is 6.38. The lowest BCUT2D eigenvalue weighted by molar-refractivity contribution is 0.415. The van der Waals surface area contributed by atoms with Gasteiger partial charge in [-0.2, -0.15) is 0 Å². The zero-order chi connectivity index (χ0) is 27.7. The molecular formula is C35H29O4P. The van der Waals surface area contributed by atoms with Crippen LogP contribution in [0.4, 0.5) is 0 Å². The first-order valence-electron chi connectivity index (χ1n) is 13.1. The highest BCUT2D eigenvalue weighted by Gasteiger charge is 2.34. The van der Waals surface area contributed by atoms with E-state index in [1.807, 2.05) is 84.9 Å². The molecule has 0 saturated carbocycles. The van der Waals surface area contributed by atoms with Crippen LogP contribution in [0.5, 0.6) is 17.2 Å². The van der Waals surface area contributed by atoms with E-state index in [0.717, 1.165) is 43.7 Å². The fourth-order valence-corrected chi connectivity index (χ4v) is 8.30. The number of hydrogen-bond donors (Lipinski definition) is 0. The molecule has 6 aromatic rings. The Balaban J connectivity index is 1.77. The maximum atomic E-state index is 15.9. The van der Waals surface area contributed by atoms with E-state index in [-0.39, 0.29) is 0 Å². The van der Waals surface area contributed by atoms with E-state index in [2.05, 4.69) is 36.4 Å². The molecule has 0 aliphatic carbocycles. The Labute approximate surface area is 234 Å². The summed E-state index contributed by atoms with van der Waals surface area (Å²) in [5.74, 6) is 2.14. The largest absolute Gasteiger partial charge is 0.497 e. The minimum Gasteiger partial charge on any atom is -0.497 e. The van der Waals surface area contributed by atoms with E-state index in [1.165, 1.54) is 0 Å². The second kappa shape index (κ2) is 10.6. The van der Waals surface area contributed by atoms with Crippen LogP contribution in [-0.4, -0.2) is 21.3 Å². The smallest absolute Gasteiger partial charge is 0.171 e. The van der Waals surface area contributed by atoms with E-state index in [1.54, 1.807) is 21.3 Å².